The van der Waals surface area contributed by atoms with Gasteiger partial charge in [0.1, 0.15) is 5.75 Å². The molecule has 0 spiro atoms. The topological polar surface area (TPSA) is 33.0 Å². The summed E-state index contributed by atoms with van der Waals surface area (Å²) in [4.78, 5) is 0. The van der Waals surface area contributed by atoms with Gasteiger partial charge in [-0.1, -0.05) is 42.0 Å². The molecule has 0 aliphatic carbocycles. The lowest BCUT2D eigenvalue weighted by Gasteiger charge is -2.03. The van der Waals surface area contributed by atoms with Gasteiger partial charge in [0, 0.05) is 0 Å². The normalized spacial score (nSPS) is 10.9. The molecule has 2 nitrogen and oxygen atoms in total. The van der Waals surface area contributed by atoms with E-state index in [1.165, 1.54) is 5.56 Å². The number of aryl methyl sites for hydroxylation is 1. The fraction of sp³-hybridized carbons (Fsp3) is 0.167. The van der Waals surface area contributed by atoms with Crippen molar-refractivity contribution in [2.24, 2.45) is 0 Å². The summed E-state index contributed by atoms with van der Waals surface area (Å²) in [6, 6.07) is 18.0. The van der Waals surface area contributed by atoms with Crippen molar-refractivity contribution < 1.29 is 4.74 Å². The van der Waals surface area contributed by atoms with E-state index in [4.69, 9.17) is 4.74 Å². The molecule has 0 unspecified atom stereocenters. The lowest BCUT2D eigenvalue weighted by molar-refractivity contribution is 0.340. The first-order valence-electron chi connectivity index (χ1n) is 6.64. The van der Waals surface area contributed by atoms with Crippen molar-refractivity contribution >= 4 is 11.6 Å². The summed E-state index contributed by atoms with van der Waals surface area (Å²) in [6.45, 7) is 4.65. The quantitative estimate of drug-likeness (QED) is 0.602. The molecular weight excluding hydrogens is 246 g/mol. The molecule has 2 rings (SSSR count). The Hall–Kier alpha value is -2.53. The van der Waals surface area contributed by atoms with Crippen LogP contribution in [0.25, 0.3) is 11.6 Å². The van der Waals surface area contributed by atoms with Crippen LogP contribution in [0.5, 0.6) is 5.75 Å². The summed E-state index contributed by atoms with van der Waals surface area (Å²) in [6.07, 6.45) is 1.89. The van der Waals surface area contributed by atoms with Crippen LogP contribution in [0.15, 0.2) is 48.5 Å². The number of allylic oxidation sites excluding steroid dienone is 1. The average molecular weight is 263 g/mol. The van der Waals surface area contributed by atoms with Crippen LogP contribution in [0.3, 0.4) is 0 Å². The van der Waals surface area contributed by atoms with E-state index in [0.717, 1.165) is 16.9 Å². The Labute approximate surface area is 119 Å². The lowest BCUT2D eigenvalue weighted by atomic mass is 10.0. The molecule has 0 amide bonds. The van der Waals surface area contributed by atoms with E-state index in [-0.39, 0.29) is 0 Å². The molecule has 0 fully saturated rings. The van der Waals surface area contributed by atoms with E-state index < -0.39 is 0 Å². The van der Waals surface area contributed by atoms with Crippen LogP contribution in [-0.4, -0.2) is 6.61 Å². The second-order valence-corrected chi connectivity index (χ2v) is 4.54. The summed E-state index contributed by atoms with van der Waals surface area (Å²) in [7, 11) is 0. The van der Waals surface area contributed by atoms with Crippen LogP contribution in [0, 0.1) is 18.3 Å². The molecule has 0 heterocycles. The summed E-state index contributed by atoms with van der Waals surface area (Å²) < 4.78 is 5.40. The molecule has 0 aliphatic heterocycles. The van der Waals surface area contributed by atoms with Gasteiger partial charge in [0.2, 0.25) is 0 Å². The third kappa shape index (κ3) is 3.49. The zero-order valence-electron chi connectivity index (χ0n) is 11.8. The Morgan fingerprint density at radius 2 is 1.75 bits per heavy atom. The van der Waals surface area contributed by atoms with Crippen molar-refractivity contribution in [3.8, 4) is 11.8 Å². The number of hydrogen-bond donors (Lipinski definition) is 0. The first-order chi connectivity index (χ1) is 9.72. The van der Waals surface area contributed by atoms with Gasteiger partial charge in [0.25, 0.3) is 0 Å². The third-order valence-electron chi connectivity index (χ3n) is 2.99. The highest BCUT2D eigenvalue weighted by molar-refractivity contribution is 5.89. The maximum absolute atomic E-state index is 9.31. The minimum atomic E-state index is 0.655. The Morgan fingerprint density at radius 1 is 1.10 bits per heavy atom. The summed E-state index contributed by atoms with van der Waals surface area (Å²) >= 11 is 0. The molecule has 0 radical (unpaired) electrons. The highest BCUT2D eigenvalue weighted by Crippen LogP contribution is 2.20. The monoisotopic (exact) mass is 263 g/mol. The van der Waals surface area contributed by atoms with Crippen molar-refractivity contribution in [1.82, 2.24) is 0 Å². The van der Waals surface area contributed by atoms with Gasteiger partial charge in [-0.25, -0.2) is 0 Å². The number of rotatable bonds is 4. The smallest absolute Gasteiger partial charge is 0.119 e. The van der Waals surface area contributed by atoms with Crippen molar-refractivity contribution in [3.63, 3.8) is 0 Å². The zero-order chi connectivity index (χ0) is 14.4. The molecule has 2 aromatic carbocycles. The van der Waals surface area contributed by atoms with Crippen LogP contribution >= 0.6 is 0 Å². The fourth-order valence-corrected chi connectivity index (χ4v) is 1.91. The Balaban J connectivity index is 2.27. The standard InChI is InChI=1S/C18H17NO/c1-3-20-18-10-6-15(7-11-18)12-17(13-19)16-8-4-14(2)5-9-16/h4-12H,3H2,1-2H3/b17-12+. The van der Waals surface area contributed by atoms with E-state index in [2.05, 4.69) is 6.07 Å². The molecule has 100 valence electrons. The van der Waals surface area contributed by atoms with Gasteiger partial charge in [-0.05, 0) is 43.2 Å². The van der Waals surface area contributed by atoms with Gasteiger partial charge in [-0.3, -0.25) is 0 Å². The Bertz CT molecular complexity index is 631. The maximum atomic E-state index is 9.31. The molecule has 0 aromatic heterocycles. The highest BCUT2D eigenvalue weighted by atomic mass is 16.5. The molecule has 0 bridgehead atoms. The second kappa shape index (κ2) is 6.58. The maximum Gasteiger partial charge on any atom is 0.119 e. The van der Waals surface area contributed by atoms with Gasteiger partial charge in [-0.2, -0.15) is 5.26 Å². The molecule has 0 aliphatic rings. The zero-order valence-corrected chi connectivity index (χ0v) is 11.8. The summed E-state index contributed by atoms with van der Waals surface area (Å²) in [5.41, 5.74) is 3.78. The molecular formula is C18H17NO. The number of ether oxygens (including phenoxy) is 1. The van der Waals surface area contributed by atoms with Gasteiger partial charge >= 0.3 is 0 Å². The van der Waals surface area contributed by atoms with Crippen LogP contribution in [0.2, 0.25) is 0 Å². The average Bonchev–Trinajstić information content (AvgIpc) is 2.48. The number of hydrogen-bond acceptors (Lipinski definition) is 2. The first-order valence-corrected chi connectivity index (χ1v) is 6.64. The van der Waals surface area contributed by atoms with E-state index in [0.29, 0.717) is 12.2 Å². The first kappa shape index (κ1) is 13.9. The molecule has 2 aromatic rings. The van der Waals surface area contributed by atoms with Crippen molar-refractivity contribution in [1.29, 1.82) is 5.26 Å². The van der Waals surface area contributed by atoms with Gasteiger partial charge in [0.05, 0.1) is 18.2 Å². The molecule has 0 saturated heterocycles. The van der Waals surface area contributed by atoms with E-state index in [9.17, 15) is 5.26 Å². The molecule has 20 heavy (non-hydrogen) atoms. The van der Waals surface area contributed by atoms with Crippen LogP contribution in [0.1, 0.15) is 23.6 Å². The van der Waals surface area contributed by atoms with Gasteiger partial charge in [-0.15, -0.1) is 0 Å². The van der Waals surface area contributed by atoms with Crippen LogP contribution in [-0.2, 0) is 0 Å². The lowest BCUT2D eigenvalue weighted by Crippen LogP contribution is -1.90. The summed E-state index contributed by atoms with van der Waals surface area (Å²) in [5.74, 6) is 0.846. The number of benzene rings is 2. The van der Waals surface area contributed by atoms with Crippen LogP contribution < -0.4 is 4.74 Å². The van der Waals surface area contributed by atoms with E-state index in [1.54, 1.807) is 0 Å². The minimum absolute atomic E-state index is 0.655. The SMILES string of the molecule is CCOc1ccc(/C=C(\C#N)c2ccc(C)cc2)cc1. The molecule has 0 atom stereocenters. The molecule has 0 saturated carbocycles. The largest absolute Gasteiger partial charge is 0.494 e. The van der Waals surface area contributed by atoms with Crippen molar-refractivity contribution in [2.45, 2.75) is 13.8 Å². The van der Waals surface area contributed by atoms with Crippen molar-refractivity contribution in [2.75, 3.05) is 6.61 Å². The minimum Gasteiger partial charge on any atom is -0.494 e. The van der Waals surface area contributed by atoms with Crippen LogP contribution in [0.4, 0.5) is 0 Å². The predicted octanol–water partition coefficient (Wildman–Crippen LogP) is 4.46. The predicted molar refractivity (Wildman–Crippen MR) is 82.3 cm³/mol. The Kier molecular flexibility index (Phi) is 4.57. The second-order valence-electron chi connectivity index (χ2n) is 4.54. The van der Waals surface area contributed by atoms with E-state index in [1.807, 2.05) is 68.5 Å². The fourth-order valence-electron chi connectivity index (χ4n) is 1.91. The Morgan fingerprint density at radius 3 is 2.30 bits per heavy atom. The van der Waals surface area contributed by atoms with E-state index >= 15 is 0 Å². The van der Waals surface area contributed by atoms with Crippen molar-refractivity contribution in [3.05, 3.63) is 65.2 Å². The van der Waals surface area contributed by atoms with Gasteiger partial charge < -0.3 is 4.74 Å². The van der Waals surface area contributed by atoms with Gasteiger partial charge in [0.15, 0.2) is 0 Å². The summed E-state index contributed by atoms with van der Waals surface area (Å²) in [5, 5.41) is 9.31. The molecule has 2 heteroatoms. The third-order valence-corrected chi connectivity index (χ3v) is 2.99. The number of nitriles is 1. The molecule has 0 N–H and O–H groups in total. The number of nitrogens with zero attached hydrogens (tertiary/aromatic N) is 1. The highest BCUT2D eigenvalue weighted by Gasteiger charge is 2.01.